The molecule has 0 bridgehead atoms. The molecule has 3 heteroatoms. The van der Waals surface area contributed by atoms with E-state index in [9.17, 15) is 5.11 Å². The van der Waals surface area contributed by atoms with Gasteiger partial charge in [0.2, 0.25) is 0 Å². The minimum atomic E-state index is -1.64. The molecule has 1 unspecified atom stereocenters. The second-order valence-corrected chi connectivity index (χ2v) is 17.3. The molecule has 0 saturated heterocycles. The van der Waals surface area contributed by atoms with Gasteiger partial charge in [-0.1, -0.05) is 81.1 Å². The highest BCUT2D eigenvalue weighted by molar-refractivity contribution is 6.83. The summed E-state index contributed by atoms with van der Waals surface area (Å²) in [6, 6.07) is 9.82. The van der Waals surface area contributed by atoms with Gasteiger partial charge in [-0.15, -0.1) is 0 Å². The fraction of sp³-hybridized carbons (Fsp3) is 0.412. The molecule has 0 saturated carbocycles. The number of rotatable bonds is 4. The molecule has 1 atom stereocenters. The van der Waals surface area contributed by atoms with Crippen LogP contribution < -0.4 is 0 Å². The van der Waals surface area contributed by atoms with Gasteiger partial charge in [0, 0.05) is 0 Å². The van der Waals surface area contributed by atoms with Crippen LogP contribution in [0.3, 0.4) is 0 Å². The van der Waals surface area contributed by atoms with E-state index in [1.165, 1.54) is 0 Å². The molecule has 1 N–H and O–H groups in total. The molecular weight excluding hydrogens is 276 g/mol. The van der Waals surface area contributed by atoms with Gasteiger partial charge < -0.3 is 5.11 Å². The zero-order valence-electron chi connectivity index (χ0n) is 13.5. The van der Waals surface area contributed by atoms with E-state index in [0.29, 0.717) is 0 Å². The van der Waals surface area contributed by atoms with E-state index in [4.69, 9.17) is 0 Å². The molecule has 1 rings (SSSR count). The lowest BCUT2D eigenvalue weighted by atomic mass is 10.1. The molecule has 0 aliphatic rings. The Morgan fingerprint density at radius 1 is 1.05 bits per heavy atom. The van der Waals surface area contributed by atoms with Crippen molar-refractivity contribution in [2.24, 2.45) is 0 Å². The Morgan fingerprint density at radius 3 is 2.05 bits per heavy atom. The van der Waals surface area contributed by atoms with Gasteiger partial charge in [0.25, 0.3) is 0 Å². The van der Waals surface area contributed by atoms with Crippen molar-refractivity contribution in [3.05, 3.63) is 58.3 Å². The van der Waals surface area contributed by atoms with Crippen molar-refractivity contribution in [3.63, 3.8) is 0 Å². The van der Waals surface area contributed by atoms with Gasteiger partial charge in [0.15, 0.2) is 0 Å². The highest BCUT2D eigenvalue weighted by atomic mass is 28.3. The zero-order chi connectivity index (χ0) is 15.4. The summed E-state index contributed by atoms with van der Waals surface area (Å²) in [5.41, 5.74) is 9.56. The van der Waals surface area contributed by atoms with E-state index in [1.807, 2.05) is 30.3 Å². The third-order valence-electron chi connectivity index (χ3n) is 2.91. The van der Waals surface area contributed by atoms with E-state index in [0.717, 1.165) is 10.8 Å². The molecule has 0 aliphatic carbocycles. The summed E-state index contributed by atoms with van der Waals surface area (Å²) in [6.07, 6.45) is -0.564. The van der Waals surface area contributed by atoms with Gasteiger partial charge in [-0.3, -0.25) is 0 Å². The molecule has 1 aromatic carbocycles. The maximum atomic E-state index is 10.6. The third kappa shape index (κ3) is 5.50. The predicted octanol–water partition coefficient (Wildman–Crippen LogP) is 4.71. The Kier molecular flexibility index (Phi) is 5.58. The molecule has 0 aromatic heterocycles. The molecule has 1 aromatic rings. The van der Waals surface area contributed by atoms with E-state index in [-0.39, 0.29) is 0 Å². The average molecular weight is 303 g/mol. The monoisotopic (exact) mass is 302 g/mol. The first kappa shape index (κ1) is 17.0. The number of aliphatic hydroxyl groups excluding tert-OH is 1. The van der Waals surface area contributed by atoms with Crippen LogP contribution >= 0.6 is 0 Å². The summed E-state index contributed by atoms with van der Waals surface area (Å²) in [5.74, 6) is 0. The summed E-state index contributed by atoms with van der Waals surface area (Å²) >= 11 is 0. The minimum Gasteiger partial charge on any atom is -0.384 e. The topological polar surface area (TPSA) is 20.2 Å². The maximum Gasteiger partial charge on any atom is 0.104 e. The van der Waals surface area contributed by atoms with Crippen LogP contribution in [0.2, 0.25) is 39.3 Å². The fourth-order valence-corrected chi connectivity index (χ4v) is 3.74. The molecule has 1 nitrogen and oxygen atoms in total. The average Bonchev–Trinajstić information content (AvgIpc) is 2.32. The van der Waals surface area contributed by atoms with Crippen LogP contribution in [0.4, 0.5) is 0 Å². The van der Waals surface area contributed by atoms with Crippen molar-refractivity contribution in [3.8, 4) is 0 Å². The van der Waals surface area contributed by atoms with Crippen molar-refractivity contribution in [1.82, 2.24) is 0 Å². The van der Waals surface area contributed by atoms with Crippen molar-refractivity contribution in [2.45, 2.75) is 45.4 Å². The molecule has 0 radical (unpaired) electrons. The molecule has 108 valence electrons. The molecular formula is C17H26OSi2. The highest BCUT2D eigenvalue weighted by Gasteiger charge is 2.26. The first-order chi connectivity index (χ1) is 9.11. The summed E-state index contributed by atoms with van der Waals surface area (Å²) in [4.78, 5) is 0. The molecule has 0 aliphatic heterocycles. The second-order valence-electron chi connectivity index (χ2n) is 7.26. The van der Waals surface area contributed by atoms with Gasteiger partial charge >= 0.3 is 0 Å². The van der Waals surface area contributed by atoms with Crippen molar-refractivity contribution in [1.29, 1.82) is 0 Å². The van der Waals surface area contributed by atoms with Crippen LogP contribution in [0.25, 0.3) is 0 Å². The van der Waals surface area contributed by atoms with Crippen LogP contribution in [0.5, 0.6) is 0 Å². The number of hydrogen-bond acceptors (Lipinski definition) is 1. The smallest absolute Gasteiger partial charge is 0.104 e. The normalized spacial score (nSPS) is 13.2. The molecule has 0 fully saturated rings. The maximum absolute atomic E-state index is 10.6. The minimum absolute atomic E-state index is 0.564. The Hall–Kier alpha value is -1.09. The van der Waals surface area contributed by atoms with Crippen molar-refractivity contribution < 1.29 is 5.11 Å². The molecule has 20 heavy (non-hydrogen) atoms. The van der Waals surface area contributed by atoms with E-state index in [2.05, 4.69) is 56.4 Å². The zero-order valence-corrected chi connectivity index (χ0v) is 15.5. The van der Waals surface area contributed by atoms with Gasteiger partial charge in [0.1, 0.15) is 6.10 Å². The Morgan fingerprint density at radius 2 is 1.60 bits per heavy atom. The first-order valence-electron chi connectivity index (χ1n) is 7.07. The summed E-state index contributed by atoms with van der Waals surface area (Å²) in [7, 11) is -2.92. The van der Waals surface area contributed by atoms with Crippen LogP contribution in [0, 0.1) is 0 Å². The van der Waals surface area contributed by atoms with Crippen molar-refractivity contribution >= 4 is 16.1 Å². The van der Waals surface area contributed by atoms with Gasteiger partial charge in [-0.2, -0.15) is 0 Å². The highest BCUT2D eigenvalue weighted by Crippen LogP contribution is 2.28. The van der Waals surface area contributed by atoms with Crippen molar-refractivity contribution in [2.75, 3.05) is 0 Å². The number of benzene rings is 1. The van der Waals surface area contributed by atoms with Crippen LogP contribution in [0.15, 0.2) is 52.7 Å². The van der Waals surface area contributed by atoms with Crippen LogP contribution in [-0.4, -0.2) is 21.3 Å². The first-order valence-corrected chi connectivity index (χ1v) is 14.2. The lowest BCUT2D eigenvalue weighted by Gasteiger charge is -2.23. The van der Waals surface area contributed by atoms with Gasteiger partial charge in [-0.05, 0) is 16.5 Å². The Labute approximate surface area is 125 Å². The summed E-state index contributed by atoms with van der Waals surface area (Å²) in [6.45, 7) is 13.5. The van der Waals surface area contributed by atoms with Crippen LogP contribution in [-0.2, 0) is 0 Å². The quantitative estimate of drug-likeness (QED) is 0.631. The van der Waals surface area contributed by atoms with E-state index < -0.39 is 22.3 Å². The van der Waals surface area contributed by atoms with Crippen LogP contribution in [0.1, 0.15) is 11.7 Å². The standard InChI is InChI=1S/C17H26OSi2/c1-19(2,3)14-10-13-16(20(4,5)6)17(18)15-11-8-7-9-12-15/h7-9,11-12,14,17-18H,1-6H3. The Bertz CT molecular complexity index is 535. The molecule has 0 amide bonds. The molecule has 0 heterocycles. The number of hydrogen-bond donors (Lipinski definition) is 1. The van der Waals surface area contributed by atoms with Gasteiger partial charge in [0.05, 0.1) is 16.1 Å². The number of aliphatic hydroxyl groups is 1. The third-order valence-corrected chi connectivity index (χ3v) is 5.93. The largest absolute Gasteiger partial charge is 0.384 e. The summed E-state index contributed by atoms with van der Waals surface area (Å²) in [5, 5.41) is 11.7. The molecule has 0 spiro atoms. The van der Waals surface area contributed by atoms with Gasteiger partial charge in [-0.25, -0.2) is 0 Å². The lowest BCUT2D eigenvalue weighted by molar-refractivity contribution is 0.222. The van der Waals surface area contributed by atoms with E-state index in [1.54, 1.807) is 0 Å². The second kappa shape index (κ2) is 6.58. The fourth-order valence-electron chi connectivity index (χ4n) is 1.80. The summed E-state index contributed by atoms with van der Waals surface area (Å²) < 4.78 is 0. The lowest BCUT2D eigenvalue weighted by Crippen LogP contribution is -2.27. The Balaban J connectivity index is 3.29. The SMILES string of the molecule is C[Si](C)(C)C=C=C=C(C(O)c1ccccc1)[Si](C)(C)C. The van der Waals surface area contributed by atoms with E-state index >= 15 is 0 Å². The predicted molar refractivity (Wildman–Crippen MR) is 93.2 cm³/mol.